The van der Waals surface area contributed by atoms with Crippen LogP contribution < -0.4 is 0 Å². The molecule has 0 aliphatic carbocycles. The van der Waals surface area contributed by atoms with E-state index in [9.17, 15) is 17.6 Å². The molecule has 2 nitrogen and oxygen atoms in total. The highest BCUT2D eigenvalue weighted by Gasteiger charge is 2.40. The lowest BCUT2D eigenvalue weighted by atomic mass is 9.76. The van der Waals surface area contributed by atoms with Crippen LogP contribution in [0.4, 0.5) is 17.6 Å². The number of halogens is 4. The Labute approximate surface area is 171 Å². The molecule has 1 aromatic heterocycles. The van der Waals surface area contributed by atoms with Crippen LogP contribution in [-0.2, 0) is 11.7 Å². The van der Waals surface area contributed by atoms with Crippen LogP contribution in [0.25, 0.3) is 0 Å². The van der Waals surface area contributed by atoms with E-state index in [1.807, 2.05) is 31.2 Å². The molecule has 3 aromatic carbocycles. The van der Waals surface area contributed by atoms with Crippen molar-refractivity contribution in [2.75, 3.05) is 0 Å². The van der Waals surface area contributed by atoms with Gasteiger partial charge in [0.2, 0.25) is 0 Å². The smallest absolute Gasteiger partial charge is 0.319 e. The van der Waals surface area contributed by atoms with Gasteiger partial charge in [0.25, 0.3) is 0 Å². The molecule has 0 N–H and O–H groups in total. The molecule has 4 aromatic rings. The predicted octanol–water partition coefficient (Wildman–Crippen LogP) is 6.19. The topological polar surface area (TPSA) is 17.8 Å². The Balaban J connectivity index is 2.11. The third-order valence-corrected chi connectivity index (χ3v) is 5.23. The number of rotatable bonds is 4. The van der Waals surface area contributed by atoms with E-state index in [-0.39, 0.29) is 0 Å². The van der Waals surface area contributed by atoms with Crippen LogP contribution in [0.1, 0.15) is 27.8 Å². The number of hydrogen-bond acceptors (Lipinski definition) is 1. The van der Waals surface area contributed by atoms with E-state index in [0.29, 0.717) is 11.1 Å². The Kier molecular flexibility index (Phi) is 4.94. The van der Waals surface area contributed by atoms with E-state index in [2.05, 4.69) is 4.98 Å². The van der Waals surface area contributed by atoms with Gasteiger partial charge in [-0.2, -0.15) is 13.2 Å². The maximum atomic E-state index is 13.7. The second-order valence-electron chi connectivity index (χ2n) is 7.13. The minimum atomic E-state index is -4.49. The molecule has 1 heterocycles. The normalized spacial score (nSPS) is 13.8. The Hall–Kier alpha value is -3.41. The zero-order chi connectivity index (χ0) is 21.4. The summed E-state index contributed by atoms with van der Waals surface area (Å²) >= 11 is 0. The van der Waals surface area contributed by atoms with Gasteiger partial charge in [0.15, 0.2) is 0 Å². The van der Waals surface area contributed by atoms with Crippen LogP contribution in [0.2, 0.25) is 0 Å². The average Bonchev–Trinajstić information content (AvgIpc) is 3.26. The molecule has 0 aliphatic rings. The van der Waals surface area contributed by atoms with Gasteiger partial charge in [0.05, 0.1) is 11.9 Å². The minimum Gasteiger partial charge on any atom is -0.319 e. The summed E-state index contributed by atoms with van der Waals surface area (Å²) in [5, 5.41) is 0. The molecule has 152 valence electrons. The highest BCUT2D eigenvalue weighted by Crippen LogP contribution is 2.42. The number of benzene rings is 3. The largest absolute Gasteiger partial charge is 0.416 e. The van der Waals surface area contributed by atoms with Crippen LogP contribution >= 0.6 is 0 Å². The molecule has 0 saturated carbocycles. The molecule has 0 aliphatic heterocycles. The van der Waals surface area contributed by atoms with Gasteiger partial charge in [0.1, 0.15) is 11.4 Å². The summed E-state index contributed by atoms with van der Waals surface area (Å²) in [5.74, 6) is -0.425. The van der Waals surface area contributed by atoms with Gasteiger partial charge < -0.3 is 4.57 Å². The van der Waals surface area contributed by atoms with Crippen LogP contribution in [-0.4, -0.2) is 9.55 Å². The lowest BCUT2D eigenvalue weighted by molar-refractivity contribution is -0.137. The van der Waals surface area contributed by atoms with Crippen LogP contribution in [0.15, 0.2) is 91.5 Å². The summed E-state index contributed by atoms with van der Waals surface area (Å²) in [4.78, 5) is 4.14. The SMILES string of the molecule is Cc1ccc(C(c2ccc(F)cc2)(c2cccc(C(F)(F)F)c2)n2ccnc2)cc1. The highest BCUT2D eigenvalue weighted by molar-refractivity contribution is 5.52. The van der Waals surface area contributed by atoms with Crippen LogP contribution in [0, 0.1) is 12.7 Å². The molecule has 0 radical (unpaired) electrons. The minimum absolute atomic E-state index is 0.394. The number of hydrogen-bond donors (Lipinski definition) is 0. The molecule has 30 heavy (non-hydrogen) atoms. The fraction of sp³-hybridized carbons (Fsp3) is 0.125. The van der Waals surface area contributed by atoms with Crippen molar-refractivity contribution in [2.24, 2.45) is 0 Å². The molecule has 4 rings (SSSR count). The average molecular weight is 410 g/mol. The Bertz CT molecular complexity index is 1080. The van der Waals surface area contributed by atoms with Crippen molar-refractivity contribution in [3.63, 3.8) is 0 Å². The Morgan fingerprint density at radius 3 is 1.93 bits per heavy atom. The van der Waals surface area contributed by atoms with Crippen molar-refractivity contribution in [1.29, 1.82) is 0 Å². The summed E-state index contributed by atoms with van der Waals surface area (Å²) in [6.07, 6.45) is 0.333. The van der Waals surface area contributed by atoms with E-state index in [0.717, 1.165) is 23.3 Å². The van der Waals surface area contributed by atoms with E-state index >= 15 is 0 Å². The first kappa shape index (κ1) is 19.9. The molecule has 1 unspecified atom stereocenters. The number of aromatic nitrogens is 2. The van der Waals surface area contributed by atoms with E-state index in [1.165, 1.54) is 18.2 Å². The maximum absolute atomic E-state index is 13.7. The number of imidazole rings is 1. The summed E-state index contributed by atoms with van der Waals surface area (Å²) in [6.45, 7) is 1.94. The zero-order valence-electron chi connectivity index (χ0n) is 16.1. The van der Waals surface area contributed by atoms with E-state index < -0.39 is 23.1 Å². The first-order valence-corrected chi connectivity index (χ1v) is 9.31. The standard InChI is InChI=1S/C24H18F4N2/c1-17-5-7-18(8-6-17)23(30-14-13-29-16-30,19-9-11-22(25)12-10-19)20-3-2-4-21(15-20)24(26,27)28/h2-16H,1H3. The fourth-order valence-corrected chi connectivity index (χ4v) is 3.81. The third kappa shape index (κ3) is 3.38. The summed E-state index contributed by atoms with van der Waals surface area (Å²) < 4.78 is 56.1. The van der Waals surface area contributed by atoms with E-state index in [1.54, 1.807) is 41.5 Å². The second-order valence-corrected chi connectivity index (χ2v) is 7.13. The van der Waals surface area contributed by atoms with Crippen LogP contribution in [0.3, 0.4) is 0 Å². The van der Waals surface area contributed by atoms with Gasteiger partial charge in [-0.25, -0.2) is 9.37 Å². The Morgan fingerprint density at radius 2 is 1.37 bits per heavy atom. The number of aryl methyl sites for hydroxylation is 1. The van der Waals surface area contributed by atoms with Crippen molar-refractivity contribution in [3.05, 3.63) is 125 Å². The third-order valence-electron chi connectivity index (χ3n) is 5.23. The predicted molar refractivity (Wildman–Crippen MR) is 107 cm³/mol. The molecule has 6 heteroatoms. The van der Waals surface area contributed by atoms with Crippen molar-refractivity contribution in [1.82, 2.24) is 9.55 Å². The Morgan fingerprint density at radius 1 is 0.767 bits per heavy atom. The quantitative estimate of drug-likeness (QED) is 0.290. The van der Waals surface area contributed by atoms with Crippen molar-refractivity contribution >= 4 is 0 Å². The second kappa shape index (κ2) is 7.44. The molecule has 1 atom stereocenters. The molecule has 0 spiro atoms. The summed E-state index contributed by atoms with van der Waals surface area (Å²) in [5.41, 5.74) is 0.840. The van der Waals surface area contributed by atoms with E-state index in [4.69, 9.17) is 0 Å². The summed E-state index contributed by atoms with van der Waals surface area (Å²) in [6, 6.07) is 18.6. The van der Waals surface area contributed by atoms with Crippen molar-refractivity contribution in [3.8, 4) is 0 Å². The zero-order valence-corrected chi connectivity index (χ0v) is 16.1. The highest BCUT2D eigenvalue weighted by atomic mass is 19.4. The van der Waals surface area contributed by atoms with Gasteiger partial charge >= 0.3 is 6.18 Å². The fourth-order valence-electron chi connectivity index (χ4n) is 3.81. The molecular formula is C24H18F4N2. The van der Waals surface area contributed by atoms with Gasteiger partial charge in [-0.1, -0.05) is 54.1 Å². The first-order valence-electron chi connectivity index (χ1n) is 9.31. The molecular weight excluding hydrogens is 392 g/mol. The van der Waals surface area contributed by atoms with Gasteiger partial charge in [-0.05, 0) is 47.9 Å². The monoisotopic (exact) mass is 410 g/mol. The molecule has 0 saturated heterocycles. The van der Waals surface area contributed by atoms with Crippen LogP contribution in [0.5, 0.6) is 0 Å². The van der Waals surface area contributed by atoms with Gasteiger partial charge in [-0.15, -0.1) is 0 Å². The van der Waals surface area contributed by atoms with Crippen molar-refractivity contribution in [2.45, 2.75) is 18.6 Å². The number of nitrogens with zero attached hydrogens (tertiary/aromatic N) is 2. The lowest BCUT2D eigenvalue weighted by Gasteiger charge is -2.37. The summed E-state index contributed by atoms with van der Waals surface area (Å²) in [7, 11) is 0. The maximum Gasteiger partial charge on any atom is 0.416 e. The molecule has 0 amide bonds. The number of alkyl halides is 3. The molecule has 0 bridgehead atoms. The van der Waals surface area contributed by atoms with Gasteiger partial charge in [-0.3, -0.25) is 0 Å². The lowest BCUT2D eigenvalue weighted by Crippen LogP contribution is -2.37. The van der Waals surface area contributed by atoms with Crippen molar-refractivity contribution < 1.29 is 17.6 Å². The van der Waals surface area contributed by atoms with Gasteiger partial charge in [0, 0.05) is 12.4 Å². The molecule has 0 fully saturated rings. The first-order chi connectivity index (χ1) is 14.3.